The van der Waals surface area contributed by atoms with Crippen molar-refractivity contribution < 1.29 is 9.59 Å². The van der Waals surface area contributed by atoms with Crippen LogP contribution in [0, 0.1) is 0 Å². The van der Waals surface area contributed by atoms with Crippen molar-refractivity contribution >= 4 is 39.1 Å². The highest BCUT2D eigenvalue weighted by atomic mass is 79.9. The van der Waals surface area contributed by atoms with Gasteiger partial charge in [0.25, 0.3) is 0 Å². The van der Waals surface area contributed by atoms with Gasteiger partial charge in [0.1, 0.15) is 11.1 Å². The Bertz CT molecular complexity index is 590. The van der Waals surface area contributed by atoms with Crippen LogP contribution in [0.4, 0.5) is 0 Å². The Kier molecular flexibility index (Phi) is 3.64. The third-order valence-corrected chi connectivity index (χ3v) is 6.19. The molecular formula is C15H19BrN2O2S. The number of carbonyl (C=O) groups excluding carboxylic acids is 2. The van der Waals surface area contributed by atoms with Crippen LogP contribution in [-0.2, 0) is 16.1 Å². The lowest BCUT2D eigenvalue weighted by atomic mass is 9.85. The molecule has 0 radical (unpaired) electrons. The molecule has 0 unspecified atom stereocenters. The highest BCUT2D eigenvalue weighted by molar-refractivity contribution is 9.10. The molecule has 1 aromatic heterocycles. The second kappa shape index (κ2) is 5.09. The molecule has 1 N–H and O–H groups in total. The van der Waals surface area contributed by atoms with Crippen molar-refractivity contribution in [3.63, 3.8) is 0 Å². The van der Waals surface area contributed by atoms with E-state index in [0.29, 0.717) is 6.54 Å². The molecule has 6 heteroatoms. The molecule has 0 bridgehead atoms. The molecule has 1 aromatic rings. The standard InChI is InChI=1S/C15H19BrN2O2S/c1-14(2)13(20)18(8-11-7-10(16)9-21-11)15(12(19)17-14)5-3-4-6-15/h7,9H,3-6,8H2,1-2H3,(H,17,19). The van der Waals surface area contributed by atoms with E-state index in [2.05, 4.69) is 21.2 Å². The van der Waals surface area contributed by atoms with E-state index in [-0.39, 0.29) is 11.8 Å². The quantitative estimate of drug-likeness (QED) is 0.869. The lowest BCUT2D eigenvalue weighted by Gasteiger charge is -2.49. The van der Waals surface area contributed by atoms with Crippen LogP contribution in [0.3, 0.4) is 0 Å². The molecule has 0 aromatic carbocycles. The molecule has 4 nitrogen and oxygen atoms in total. The van der Waals surface area contributed by atoms with Crippen molar-refractivity contribution in [2.75, 3.05) is 0 Å². The van der Waals surface area contributed by atoms with Gasteiger partial charge in [0.15, 0.2) is 0 Å². The van der Waals surface area contributed by atoms with Crippen LogP contribution in [-0.4, -0.2) is 27.8 Å². The fourth-order valence-corrected chi connectivity index (χ4v) is 4.82. The number of halogens is 1. The fraction of sp³-hybridized carbons (Fsp3) is 0.600. The van der Waals surface area contributed by atoms with E-state index >= 15 is 0 Å². The molecule has 2 heterocycles. The number of hydrogen-bond donors (Lipinski definition) is 1. The largest absolute Gasteiger partial charge is 0.340 e. The zero-order chi connectivity index (χ0) is 15.3. The Labute approximate surface area is 137 Å². The first-order valence-corrected chi connectivity index (χ1v) is 8.90. The zero-order valence-corrected chi connectivity index (χ0v) is 14.6. The summed E-state index contributed by atoms with van der Waals surface area (Å²) in [5.74, 6) is 0.0359. The average molecular weight is 371 g/mol. The monoisotopic (exact) mass is 370 g/mol. The summed E-state index contributed by atoms with van der Waals surface area (Å²) in [5.41, 5.74) is -1.46. The summed E-state index contributed by atoms with van der Waals surface area (Å²) in [7, 11) is 0. The lowest BCUT2D eigenvalue weighted by Crippen LogP contribution is -2.73. The summed E-state index contributed by atoms with van der Waals surface area (Å²) in [5, 5.41) is 4.93. The predicted octanol–water partition coefficient (Wildman–Crippen LogP) is 3.06. The molecule has 114 valence electrons. The number of rotatable bonds is 2. The Morgan fingerprint density at radius 2 is 2.00 bits per heavy atom. The summed E-state index contributed by atoms with van der Waals surface area (Å²) in [6, 6.07) is 2.03. The molecule has 1 saturated heterocycles. The number of thiophene rings is 1. The maximum atomic E-state index is 12.9. The molecular weight excluding hydrogens is 352 g/mol. The van der Waals surface area contributed by atoms with Gasteiger partial charge in [-0.25, -0.2) is 0 Å². The first-order valence-electron chi connectivity index (χ1n) is 7.23. The van der Waals surface area contributed by atoms with Gasteiger partial charge >= 0.3 is 0 Å². The van der Waals surface area contributed by atoms with Crippen molar-refractivity contribution in [3.8, 4) is 0 Å². The summed E-state index contributed by atoms with van der Waals surface area (Å²) in [4.78, 5) is 28.5. The predicted molar refractivity (Wildman–Crippen MR) is 86.0 cm³/mol. The molecule has 1 aliphatic heterocycles. The lowest BCUT2D eigenvalue weighted by molar-refractivity contribution is -0.162. The molecule has 2 fully saturated rings. The average Bonchev–Trinajstić information content (AvgIpc) is 3.03. The van der Waals surface area contributed by atoms with Crippen LogP contribution in [0.15, 0.2) is 15.9 Å². The van der Waals surface area contributed by atoms with Gasteiger partial charge in [-0.3, -0.25) is 9.59 Å². The molecule has 1 saturated carbocycles. The molecule has 0 atom stereocenters. The number of nitrogens with zero attached hydrogens (tertiary/aromatic N) is 1. The minimum absolute atomic E-state index is 0.0141. The van der Waals surface area contributed by atoms with Gasteiger partial charge in [0.05, 0.1) is 6.54 Å². The van der Waals surface area contributed by atoms with Gasteiger partial charge in [-0.15, -0.1) is 11.3 Å². The minimum atomic E-state index is -0.820. The number of hydrogen-bond acceptors (Lipinski definition) is 3. The molecule has 1 spiro atoms. The summed E-state index contributed by atoms with van der Waals surface area (Å²) in [6.07, 6.45) is 3.55. The third-order valence-electron chi connectivity index (χ3n) is 4.51. The minimum Gasteiger partial charge on any atom is -0.340 e. The second-order valence-electron chi connectivity index (χ2n) is 6.44. The summed E-state index contributed by atoms with van der Waals surface area (Å²) in [6.45, 7) is 4.09. The maximum Gasteiger partial charge on any atom is 0.248 e. The topological polar surface area (TPSA) is 49.4 Å². The van der Waals surface area contributed by atoms with Crippen molar-refractivity contribution in [2.45, 2.75) is 57.2 Å². The molecule has 3 rings (SSSR count). The van der Waals surface area contributed by atoms with Crippen LogP contribution < -0.4 is 5.32 Å². The second-order valence-corrected chi connectivity index (χ2v) is 8.35. The Balaban J connectivity index is 1.98. The smallest absolute Gasteiger partial charge is 0.248 e. The van der Waals surface area contributed by atoms with E-state index in [0.717, 1.165) is 35.0 Å². The van der Waals surface area contributed by atoms with E-state index in [1.807, 2.05) is 16.3 Å². The van der Waals surface area contributed by atoms with E-state index in [1.165, 1.54) is 0 Å². The number of piperazine rings is 1. The van der Waals surface area contributed by atoms with Crippen molar-refractivity contribution in [1.82, 2.24) is 10.2 Å². The highest BCUT2D eigenvalue weighted by Crippen LogP contribution is 2.41. The van der Waals surface area contributed by atoms with E-state index < -0.39 is 11.1 Å². The summed E-state index contributed by atoms with van der Waals surface area (Å²) >= 11 is 5.07. The molecule has 21 heavy (non-hydrogen) atoms. The Morgan fingerprint density at radius 1 is 1.33 bits per heavy atom. The first kappa shape index (κ1) is 15.0. The van der Waals surface area contributed by atoms with Gasteiger partial charge in [0.2, 0.25) is 11.8 Å². The van der Waals surface area contributed by atoms with Crippen LogP contribution in [0.5, 0.6) is 0 Å². The van der Waals surface area contributed by atoms with Gasteiger partial charge in [-0.2, -0.15) is 0 Å². The van der Waals surface area contributed by atoms with Gasteiger partial charge in [-0.05, 0) is 48.7 Å². The van der Waals surface area contributed by atoms with Crippen LogP contribution >= 0.6 is 27.3 Å². The number of carbonyl (C=O) groups is 2. The fourth-order valence-electron chi connectivity index (χ4n) is 3.38. The van der Waals surface area contributed by atoms with Gasteiger partial charge < -0.3 is 10.2 Å². The Morgan fingerprint density at radius 3 is 2.57 bits per heavy atom. The summed E-state index contributed by atoms with van der Waals surface area (Å²) < 4.78 is 1.02. The van der Waals surface area contributed by atoms with Crippen molar-refractivity contribution in [1.29, 1.82) is 0 Å². The first-order chi connectivity index (χ1) is 9.85. The van der Waals surface area contributed by atoms with Crippen molar-refractivity contribution in [2.24, 2.45) is 0 Å². The van der Waals surface area contributed by atoms with E-state index in [4.69, 9.17) is 0 Å². The SMILES string of the molecule is CC1(C)NC(=O)C2(CCCC2)N(Cc2cc(Br)cs2)C1=O. The van der Waals surface area contributed by atoms with Crippen molar-refractivity contribution in [3.05, 3.63) is 20.8 Å². The van der Waals surface area contributed by atoms with Gasteiger partial charge in [0, 0.05) is 14.7 Å². The molecule has 2 aliphatic rings. The Hall–Kier alpha value is -0.880. The third kappa shape index (κ3) is 2.42. The van der Waals surface area contributed by atoms with Crippen LogP contribution in [0.2, 0.25) is 0 Å². The van der Waals surface area contributed by atoms with Gasteiger partial charge in [-0.1, -0.05) is 12.8 Å². The maximum absolute atomic E-state index is 12.9. The molecule has 1 aliphatic carbocycles. The normalized spacial score (nSPS) is 23.7. The number of nitrogens with one attached hydrogen (secondary N) is 1. The van der Waals surface area contributed by atoms with Crippen LogP contribution in [0.1, 0.15) is 44.4 Å². The van der Waals surface area contributed by atoms with E-state index in [9.17, 15) is 9.59 Å². The highest BCUT2D eigenvalue weighted by Gasteiger charge is 2.56. The molecule has 2 amide bonds. The zero-order valence-electron chi connectivity index (χ0n) is 12.2. The number of amides is 2. The van der Waals surface area contributed by atoms with Crippen LogP contribution in [0.25, 0.3) is 0 Å². The van der Waals surface area contributed by atoms with E-state index in [1.54, 1.807) is 25.2 Å².